The molecule has 0 fully saturated rings. The van der Waals surface area contributed by atoms with Crippen molar-refractivity contribution in [2.75, 3.05) is 13.7 Å². The summed E-state index contributed by atoms with van der Waals surface area (Å²) in [7, 11) is 1.59. The zero-order valence-electron chi connectivity index (χ0n) is 11.7. The van der Waals surface area contributed by atoms with Crippen molar-refractivity contribution in [2.45, 2.75) is 25.8 Å². The molecule has 0 spiro atoms. The van der Waals surface area contributed by atoms with Crippen molar-refractivity contribution < 1.29 is 19.4 Å². The number of carboxylic acids is 1. The van der Waals surface area contributed by atoms with Gasteiger partial charge in [0.15, 0.2) is 0 Å². The van der Waals surface area contributed by atoms with Crippen LogP contribution in [0, 0.1) is 0 Å². The van der Waals surface area contributed by atoms with E-state index in [-0.39, 0.29) is 0 Å². The highest BCUT2D eigenvalue weighted by Crippen LogP contribution is 2.17. The Bertz CT molecular complexity index is 462. The Kier molecular flexibility index (Phi) is 6.36. The third kappa shape index (κ3) is 4.79. The number of rotatable bonds is 7. The molecule has 1 aromatic carbocycles. The van der Waals surface area contributed by atoms with Crippen molar-refractivity contribution in [3.8, 4) is 5.75 Å². The molecule has 3 N–H and O–H groups in total. The summed E-state index contributed by atoms with van der Waals surface area (Å²) in [5, 5.41) is 13.9. The van der Waals surface area contributed by atoms with Gasteiger partial charge in [0.25, 0.3) is 0 Å². The molecule has 1 atom stereocenters. The summed E-state index contributed by atoms with van der Waals surface area (Å²) in [4.78, 5) is 22.3. The van der Waals surface area contributed by atoms with Gasteiger partial charge in [0.2, 0.25) is 0 Å². The molecule has 0 unspecified atom stereocenters. The number of carbonyl (C=O) groups excluding carboxylic acids is 1. The maximum Gasteiger partial charge on any atom is 0.326 e. The zero-order chi connectivity index (χ0) is 15.0. The van der Waals surface area contributed by atoms with Crippen molar-refractivity contribution in [1.29, 1.82) is 0 Å². The van der Waals surface area contributed by atoms with Crippen LogP contribution in [0.5, 0.6) is 5.75 Å². The summed E-state index contributed by atoms with van der Waals surface area (Å²) in [5.41, 5.74) is 0.987. The van der Waals surface area contributed by atoms with Crippen LogP contribution in [0.3, 0.4) is 0 Å². The van der Waals surface area contributed by atoms with Gasteiger partial charge in [0.05, 0.1) is 7.11 Å². The molecule has 0 saturated carbocycles. The lowest BCUT2D eigenvalue weighted by atomic mass is 10.1. The van der Waals surface area contributed by atoms with Crippen molar-refractivity contribution >= 4 is 12.0 Å². The van der Waals surface area contributed by atoms with E-state index in [0.29, 0.717) is 19.4 Å². The normalized spacial score (nSPS) is 11.5. The fraction of sp³-hybridized carbons (Fsp3) is 0.429. The van der Waals surface area contributed by atoms with Crippen LogP contribution in [0.25, 0.3) is 0 Å². The highest BCUT2D eigenvalue weighted by atomic mass is 16.5. The van der Waals surface area contributed by atoms with E-state index in [1.54, 1.807) is 14.0 Å². The van der Waals surface area contributed by atoms with E-state index in [9.17, 15) is 9.59 Å². The Balaban J connectivity index is 2.40. The van der Waals surface area contributed by atoms with Crippen LogP contribution in [0.1, 0.15) is 18.9 Å². The Morgan fingerprint density at radius 2 is 2.05 bits per heavy atom. The first-order valence-corrected chi connectivity index (χ1v) is 6.47. The molecular weight excluding hydrogens is 260 g/mol. The molecule has 20 heavy (non-hydrogen) atoms. The number of urea groups is 1. The number of methoxy groups -OCH3 is 1. The Morgan fingerprint density at radius 3 is 2.65 bits per heavy atom. The van der Waals surface area contributed by atoms with Crippen LogP contribution in [-0.2, 0) is 11.2 Å². The van der Waals surface area contributed by atoms with Crippen molar-refractivity contribution in [3.05, 3.63) is 29.8 Å². The van der Waals surface area contributed by atoms with Crippen LogP contribution >= 0.6 is 0 Å². The third-order valence-electron chi connectivity index (χ3n) is 2.88. The van der Waals surface area contributed by atoms with Gasteiger partial charge in [-0.1, -0.05) is 25.1 Å². The fourth-order valence-electron chi connectivity index (χ4n) is 1.77. The molecule has 6 heteroatoms. The van der Waals surface area contributed by atoms with Gasteiger partial charge in [0, 0.05) is 6.54 Å². The minimum Gasteiger partial charge on any atom is -0.496 e. The third-order valence-corrected chi connectivity index (χ3v) is 2.88. The van der Waals surface area contributed by atoms with Crippen LogP contribution < -0.4 is 15.4 Å². The molecule has 2 amide bonds. The number of benzene rings is 1. The predicted octanol–water partition coefficient (Wildman–Crippen LogP) is 1.40. The van der Waals surface area contributed by atoms with E-state index >= 15 is 0 Å². The second-order valence-corrected chi connectivity index (χ2v) is 4.26. The van der Waals surface area contributed by atoms with E-state index in [4.69, 9.17) is 9.84 Å². The number of aliphatic carboxylic acids is 1. The second-order valence-electron chi connectivity index (χ2n) is 4.26. The lowest BCUT2D eigenvalue weighted by Crippen LogP contribution is -2.46. The molecule has 0 bridgehead atoms. The van der Waals surface area contributed by atoms with Gasteiger partial charge < -0.3 is 20.5 Å². The maximum atomic E-state index is 11.5. The van der Waals surface area contributed by atoms with Crippen LogP contribution in [0.15, 0.2) is 24.3 Å². The molecule has 1 rings (SSSR count). The van der Waals surface area contributed by atoms with Gasteiger partial charge >= 0.3 is 12.0 Å². The minimum absolute atomic E-state index is 0.343. The van der Waals surface area contributed by atoms with Gasteiger partial charge in [-0.3, -0.25) is 0 Å². The summed E-state index contributed by atoms with van der Waals surface area (Å²) in [5.74, 6) is -0.265. The fourth-order valence-corrected chi connectivity index (χ4v) is 1.77. The van der Waals surface area contributed by atoms with Crippen molar-refractivity contribution in [1.82, 2.24) is 10.6 Å². The Morgan fingerprint density at radius 1 is 1.35 bits per heavy atom. The smallest absolute Gasteiger partial charge is 0.326 e. The average Bonchev–Trinajstić information content (AvgIpc) is 2.45. The second kappa shape index (κ2) is 8.04. The molecule has 0 radical (unpaired) electrons. The molecule has 0 aliphatic rings. The summed E-state index contributed by atoms with van der Waals surface area (Å²) >= 11 is 0. The number of hydrogen-bond acceptors (Lipinski definition) is 3. The largest absolute Gasteiger partial charge is 0.496 e. The van der Waals surface area contributed by atoms with Crippen molar-refractivity contribution in [3.63, 3.8) is 0 Å². The van der Waals surface area contributed by atoms with E-state index < -0.39 is 18.0 Å². The lowest BCUT2D eigenvalue weighted by molar-refractivity contribution is -0.139. The number of carbonyl (C=O) groups is 2. The number of hydrogen-bond donors (Lipinski definition) is 3. The summed E-state index contributed by atoms with van der Waals surface area (Å²) in [6.07, 6.45) is 0.955. The van der Waals surface area contributed by atoms with Gasteiger partial charge in [-0.05, 0) is 24.5 Å². The average molecular weight is 280 g/mol. The SMILES string of the molecule is CC[C@@H](NC(=O)NCCc1ccccc1OC)C(=O)O. The first-order valence-electron chi connectivity index (χ1n) is 6.47. The van der Waals surface area contributed by atoms with Gasteiger partial charge in [0.1, 0.15) is 11.8 Å². The van der Waals surface area contributed by atoms with E-state index in [2.05, 4.69) is 10.6 Å². The number of nitrogens with one attached hydrogen (secondary N) is 2. The lowest BCUT2D eigenvalue weighted by Gasteiger charge is -2.13. The first kappa shape index (κ1) is 15.8. The number of para-hydroxylation sites is 1. The van der Waals surface area contributed by atoms with Gasteiger partial charge in [-0.2, -0.15) is 0 Å². The summed E-state index contributed by atoms with van der Waals surface area (Å²) in [6, 6.07) is 6.21. The van der Waals surface area contributed by atoms with Crippen molar-refractivity contribution in [2.24, 2.45) is 0 Å². The molecule has 0 aromatic heterocycles. The van der Waals surface area contributed by atoms with E-state index in [1.807, 2.05) is 24.3 Å². The monoisotopic (exact) mass is 280 g/mol. The highest BCUT2D eigenvalue weighted by molar-refractivity contribution is 5.82. The molecule has 6 nitrogen and oxygen atoms in total. The number of carboxylic acid groups (broad SMARTS) is 1. The summed E-state index contributed by atoms with van der Waals surface area (Å²) < 4.78 is 5.21. The molecule has 1 aromatic rings. The highest BCUT2D eigenvalue weighted by Gasteiger charge is 2.16. The van der Waals surface area contributed by atoms with E-state index in [1.165, 1.54) is 0 Å². The Labute approximate surface area is 118 Å². The Hall–Kier alpha value is -2.24. The quantitative estimate of drug-likeness (QED) is 0.704. The minimum atomic E-state index is -1.03. The zero-order valence-corrected chi connectivity index (χ0v) is 11.7. The molecule has 0 aliphatic heterocycles. The summed E-state index contributed by atoms with van der Waals surface area (Å²) in [6.45, 7) is 2.11. The van der Waals surface area contributed by atoms with E-state index in [0.717, 1.165) is 11.3 Å². The predicted molar refractivity (Wildman–Crippen MR) is 74.9 cm³/mol. The van der Waals surface area contributed by atoms with Crippen LogP contribution in [-0.4, -0.2) is 36.8 Å². The van der Waals surface area contributed by atoms with Crippen LogP contribution in [0.2, 0.25) is 0 Å². The molecule has 0 saturated heterocycles. The van der Waals surface area contributed by atoms with Crippen LogP contribution in [0.4, 0.5) is 4.79 Å². The number of ether oxygens (including phenoxy) is 1. The molecular formula is C14H20N2O4. The molecule has 110 valence electrons. The van der Waals surface area contributed by atoms with Gasteiger partial charge in [-0.15, -0.1) is 0 Å². The standard InChI is InChI=1S/C14H20N2O4/c1-3-11(13(17)18)16-14(19)15-9-8-10-6-4-5-7-12(10)20-2/h4-7,11H,3,8-9H2,1-2H3,(H,17,18)(H2,15,16,19)/t11-/m1/s1. The van der Waals surface area contributed by atoms with Gasteiger partial charge in [-0.25, -0.2) is 9.59 Å². The maximum absolute atomic E-state index is 11.5. The number of amides is 2. The molecule has 0 aliphatic carbocycles. The topological polar surface area (TPSA) is 87.7 Å². The molecule has 0 heterocycles. The first-order chi connectivity index (χ1) is 9.58.